The Labute approximate surface area is 278 Å². The van der Waals surface area contributed by atoms with Crippen molar-refractivity contribution in [2.24, 2.45) is 0 Å². The van der Waals surface area contributed by atoms with Gasteiger partial charge in [-0.2, -0.15) is 18.3 Å². The van der Waals surface area contributed by atoms with Gasteiger partial charge in [-0.05, 0) is 67.6 Å². The van der Waals surface area contributed by atoms with Crippen LogP contribution in [0.5, 0.6) is 0 Å². The lowest BCUT2D eigenvalue weighted by atomic mass is 10.2. The molecule has 10 nitrogen and oxygen atoms in total. The van der Waals surface area contributed by atoms with E-state index < -0.39 is 36.7 Å². The highest BCUT2D eigenvalue weighted by molar-refractivity contribution is 7.71. The van der Waals surface area contributed by atoms with Crippen molar-refractivity contribution >= 4 is 59.3 Å². The molecule has 1 aliphatic rings. The monoisotopic (exact) mass is 709 g/mol. The summed E-state index contributed by atoms with van der Waals surface area (Å²) in [7, 11) is -4.22. The zero-order valence-electron chi connectivity index (χ0n) is 24.9. The number of benzene rings is 3. The van der Waals surface area contributed by atoms with Crippen LogP contribution in [0.15, 0.2) is 72.8 Å². The van der Waals surface area contributed by atoms with Crippen molar-refractivity contribution in [3.63, 3.8) is 0 Å². The third-order valence-electron chi connectivity index (χ3n) is 7.24. The lowest BCUT2D eigenvalue weighted by Gasteiger charge is -2.36. The summed E-state index contributed by atoms with van der Waals surface area (Å²) in [5.74, 6) is -1.30. The van der Waals surface area contributed by atoms with Gasteiger partial charge < -0.3 is 19.9 Å². The van der Waals surface area contributed by atoms with Crippen LogP contribution >= 0.6 is 30.6 Å². The summed E-state index contributed by atoms with van der Waals surface area (Å²) in [6, 6.07) is 16.8. The van der Waals surface area contributed by atoms with Gasteiger partial charge in [0.2, 0.25) is 0 Å². The van der Waals surface area contributed by atoms with Crippen LogP contribution in [0.1, 0.15) is 32.0 Å². The Morgan fingerprint density at radius 2 is 1.55 bits per heavy atom. The fraction of sp³-hybridized carbons (Fsp3) is 0.258. The average molecular weight is 710 g/mol. The molecule has 1 unspecified atom stereocenters. The molecular weight excluding hydrogens is 681 g/mol. The number of halogens is 5. The molecule has 4 aromatic rings. The lowest BCUT2D eigenvalue weighted by Crippen LogP contribution is -2.40. The van der Waals surface area contributed by atoms with Gasteiger partial charge in [0.1, 0.15) is 17.7 Å². The molecule has 0 radical (unpaired) electrons. The number of nitrogens with one attached hydrogen (secondary N) is 2. The zero-order chi connectivity index (χ0) is 33.8. The predicted molar refractivity (Wildman–Crippen MR) is 173 cm³/mol. The summed E-state index contributed by atoms with van der Waals surface area (Å²) in [5.41, 5.74) is -0.788. The molecule has 2 N–H and O–H groups in total. The highest BCUT2D eigenvalue weighted by Gasteiger charge is 2.43. The Bertz CT molecular complexity index is 1800. The van der Waals surface area contributed by atoms with Gasteiger partial charge in [-0.15, -0.1) is 0 Å². The molecule has 47 heavy (non-hydrogen) atoms. The molecular formula is C31H29Cl2F3N5O5P. The van der Waals surface area contributed by atoms with Crippen LogP contribution in [0, 0.1) is 6.92 Å². The number of nitrogens with zero attached hydrogens (tertiary/aromatic N) is 3. The van der Waals surface area contributed by atoms with E-state index in [1.54, 1.807) is 12.1 Å². The number of hydrogen-bond donors (Lipinski definition) is 2. The number of aromatic nitrogens is 2. The first-order valence-electron chi connectivity index (χ1n) is 14.3. The van der Waals surface area contributed by atoms with E-state index in [0.29, 0.717) is 10.0 Å². The van der Waals surface area contributed by atoms with Crippen molar-refractivity contribution in [3.05, 3.63) is 105 Å². The van der Waals surface area contributed by atoms with E-state index >= 15 is 4.57 Å². The minimum Gasteiger partial charge on any atom is -0.460 e. The molecule has 2 heterocycles. The molecule has 0 aliphatic carbocycles. The maximum Gasteiger partial charge on any atom is 0.418 e. The van der Waals surface area contributed by atoms with Crippen LogP contribution in [0.3, 0.4) is 0 Å². The van der Waals surface area contributed by atoms with E-state index in [4.69, 9.17) is 32.7 Å². The van der Waals surface area contributed by atoms with E-state index in [0.717, 1.165) is 6.07 Å². The van der Waals surface area contributed by atoms with Crippen LogP contribution in [-0.4, -0.2) is 59.2 Å². The number of carbonyl (C=O) groups is 2. The van der Waals surface area contributed by atoms with E-state index in [-0.39, 0.29) is 67.4 Å². The number of rotatable bonds is 10. The second-order valence-corrected chi connectivity index (χ2v) is 13.7. The number of para-hydroxylation sites is 1. The molecule has 1 aromatic heterocycles. The van der Waals surface area contributed by atoms with Gasteiger partial charge >= 0.3 is 12.1 Å². The van der Waals surface area contributed by atoms with Crippen molar-refractivity contribution in [2.75, 3.05) is 43.3 Å². The second-order valence-electron chi connectivity index (χ2n) is 10.4. The topological polar surface area (TPSA) is 115 Å². The van der Waals surface area contributed by atoms with Crippen LogP contribution in [-0.2, 0) is 26.8 Å². The Balaban J connectivity index is 1.56. The number of aryl methyl sites for hydroxylation is 1. The van der Waals surface area contributed by atoms with Gasteiger partial charge in [-0.1, -0.05) is 35.3 Å². The SMILES string of the molecule is Cc1nn(CCOC(=O)c2ccc(Cl)cc2)c(NC(=O)c2ccc(Cl)cc2)c1P(=O)(Nc1ccccc1C(F)(F)F)N1CCOCC1. The molecule has 1 fully saturated rings. The van der Waals surface area contributed by atoms with Gasteiger partial charge in [0.15, 0.2) is 0 Å². The summed E-state index contributed by atoms with van der Waals surface area (Å²) in [6.45, 7) is 1.81. The van der Waals surface area contributed by atoms with Crippen molar-refractivity contribution in [2.45, 2.75) is 19.6 Å². The summed E-state index contributed by atoms with van der Waals surface area (Å²) in [6.07, 6.45) is -4.75. The molecule has 1 atom stereocenters. The van der Waals surface area contributed by atoms with Crippen molar-refractivity contribution in [1.29, 1.82) is 0 Å². The minimum atomic E-state index is -4.75. The molecule has 0 spiro atoms. The number of alkyl halides is 3. The molecule has 0 saturated carbocycles. The number of ether oxygens (including phenoxy) is 2. The average Bonchev–Trinajstić information content (AvgIpc) is 3.36. The van der Waals surface area contributed by atoms with Crippen molar-refractivity contribution in [1.82, 2.24) is 14.5 Å². The smallest absolute Gasteiger partial charge is 0.418 e. The van der Waals surface area contributed by atoms with Gasteiger partial charge in [-0.3, -0.25) is 9.36 Å². The third-order valence-corrected chi connectivity index (χ3v) is 10.6. The van der Waals surface area contributed by atoms with Gasteiger partial charge in [0.25, 0.3) is 13.4 Å². The number of hydrogen-bond acceptors (Lipinski definition) is 6. The first-order chi connectivity index (χ1) is 22.4. The number of anilines is 2. The number of esters is 1. The summed E-state index contributed by atoms with van der Waals surface area (Å²) < 4.78 is 71.2. The highest BCUT2D eigenvalue weighted by Crippen LogP contribution is 2.53. The fourth-order valence-electron chi connectivity index (χ4n) is 4.99. The first kappa shape index (κ1) is 34.5. The Hall–Kier alpha value is -3.87. The standard InChI is InChI=1S/C31H29Cl2F3N5O5P/c1-20-27(47(44,40-14-17-45-18-15-40)39-26-5-3-2-4-25(26)31(34,35)36)28(37-29(42)21-6-10-23(32)11-7-21)41(38-20)16-19-46-30(43)22-8-12-24(33)13-9-22/h2-13H,14-19H2,1H3,(H,37,42)(H,39,44). The van der Waals surface area contributed by atoms with Crippen molar-refractivity contribution in [3.8, 4) is 0 Å². The van der Waals surface area contributed by atoms with Crippen LogP contribution in [0.4, 0.5) is 24.7 Å². The minimum absolute atomic E-state index is 0.0114. The maximum absolute atomic E-state index is 15.3. The summed E-state index contributed by atoms with van der Waals surface area (Å²) in [4.78, 5) is 26.1. The molecule has 1 saturated heterocycles. The van der Waals surface area contributed by atoms with E-state index in [2.05, 4.69) is 15.5 Å². The molecule has 1 amide bonds. The van der Waals surface area contributed by atoms with E-state index in [1.807, 2.05) is 0 Å². The first-order valence-corrected chi connectivity index (χ1v) is 16.7. The quantitative estimate of drug-likeness (QED) is 0.135. The molecule has 1 aliphatic heterocycles. The predicted octanol–water partition coefficient (Wildman–Crippen LogP) is 6.89. The van der Waals surface area contributed by atoms with E-state index in [9.17, 15) is 22.8 Å². The number of carbonyl (C=O) groups excluding carboxylic acids is 2. The van der Waals surface area contributed by atoms with Gasteiger partial charge in [-0.25, -0.2) is 14.1 Å². The Morgan fingerprint density at radius 1 is 0.957 bits per heavy atom. The molecule has 5 rings (SSSR count). The van der Waals surface area contributed by atoms with Crippen LogP contribution in [0.25, 0.3) is 0 Å². The Kier molecular flexibility index (Phi) is 10.6. The van der Waals surface area contributed by atoms with Crippen molar-refractivity contribution < 1.29 is 36.8 Å². The zero-order valence-corrected chi connectivity index (χ0v) is 27.3. The normalized spacial score (nSPS) is 15.1. The molecule has 3 aromatic carbocycles. The molecule has 248 valence electrons. The lowest BCUT2D eigenvalue weighted by molar-refractivity contribution is -0.136. The fourth-order valence-corrected chi connectivity index (χ4v) is 7.97. The van der Waals surface area contributed by atoms with Gasteiger partial charge in [0.05, 0.1) is 42.3 Å². The third kappa shape index (κ3) is 7.99. The molecule has 16 heteroatoms. The number of amides is 1. The molecule has 0 bridgehead atoms. The van der Waals surface area contributed by atoms with E-state index in [1.165, 1.54) is 70.9 Å². The van der Waals surface area contributed by atoms with Crippen LogP contribution < -0.4 is 15.7 Å². The Morgan fingerprint density at radius 3 is 2.17 bits per heavy atom. The highest BCUT2D eigenvalue weighted by atomic mass is 35.5. The summed E-state index contributed by atoms with van der Waals surface area (Å²) in [5, 5.41) is 10.8. The summed E-state index contributed by atoms with van der Waals surface area (Å²) >= 11 is 11.9. The van der Waals surface area contributed by atoms with Gasteiger partial charge in [0, 0.05) is 28.7 Å². The number of morpholine rings is 1. The second kappa shape index (κ2) is 14.5. The largest absolute Gasteiger partial charge is 0.460 e. The maximum atomic E-state index is 15.3. The van der Waals surface area contributed by atoms with Crippen LogP contribution in [0.2, 0.25) is 10.0 Å².